The number of thiophene rings is 1. The Labute approximate surface area is 151 Å². The number of aliphatic hydroxyl groups excluding tert-OH is 1. The second-order valence-electron chi connectivity index (χ2n) is 5.34. The SMILES string of the molecule is CC1=C(CC(=O)O)C2=C(C(=O)c3csc(Cl)c3)C(O)=C(Cl)CC2=N1. The maximum atomic E-state index is 12.9. The number of hydrogen-bond acceptors (Lipinski definition) is 5. The minimum absolute atomic E-state index is 0.0208. The highest BCUT2D eigenvalue weighted by atomic mass is 35.5. The highest BCUT2D eigenvalue weighted by Gasteiger charge is 2.36. The molecule has 1 aliphatic carbocycles. The van der Waals surface area contributed by atoms with E-state index >= 15 is 0 Å². The molecule has 0 saturated carbocycles. The number of rotatable bonds is 4. The summed E-state index contributed by atoms with van der Waals surface area (Å²) < 4.78 is 0.437. The van der Waals surface area contributed by atoms with E-state index in [2.05, 4.69) is 4.99 Å². The lowest BCUT2D eigenvalue weighted by molar-refractivity contribution is -0.136. The molecule has 2 heterocycles. The van der Waals surface area contributed by atoms with Crippen molar-refractivity contribution in [2.24, 2.45) is 4.99 Å². The van der Waals surface area contributed by atoms with E-state index in [-0.39, 0.29) is 29.2 Å². The van der Waals surface area contributed by atoms with Crippen molar-refractivity contribution in [2.45, 2.75) is 19.8 Å². The molecule has 124 valence electrons. The van der Waals surface area contributed by atoms with Crippen molar-refractivity contribution >= 4 is 52.0 Å². The number of carbonyl (C=O) groups is 2. The molecule has 1 aromatic heterocycles. The smallest absolute Gasteiger partial charge is 0.307 e. The second-order valence-corrected chi connectivity index (χ2v) is 7.34. The molecular formula is C16H11Cl2NO4S. The van der Waals surface area contributed by atoms with Crippen LogP contribution < -0.4 is 0 Å². The number of Topliss-reactive ketones (excluding diaryl/α,β-unsaturated/α-hetero) is 1. The number of halogens is 2. The first-order valence-electron chi connectivity index (χ1n) is 6.90. The minimum Gasteiger partial charge on any atom is -0.506 e. The zero-order valence-electron chi connectivity index (χ0n) is 12.4. The van der Waals surface area contributed by atoms with Crippen LogP contribution in [0.5, 0.6) is 0 Å². The fourth-order valence-electron chi connectivity index (χ4n) is 2.75. The summed E-state index contributed by atoms with van der Waals surface area (Å²) in [6.45, 7) is 1.67. The molecule has 1 aromatic rings. The average molecular weight is 384 g/mol. The molecule has 0 bridgehead atoms. The molecule has 5 nitrogen and oxygen atoms in total. The van der Waals surface area contributed by atoms with Gasteiger partial charge in [-0.3, -0.25) is 14.6 Å². The molecule has 0 radical (unpaired) electrons. The van der Waals surface area contributed by atoms with Crippen molar-refractivity contribution in [1.29, 1.82) is 0 Å². The second kappa shape index (κ2) is 6.20. The normalized spacial score (nSPS) is 17.4. The van der Waals surface area contributed by atoms with Gasteiger partial charge in [0.05, 0.1) is 27.1 Å². The Kier molecular flexibility index (Phi) is 4.38. The number of allylic oxidation sites excluding steroid dienone is 4. The van der Waals surface area contributed by atoms with Crippen LogP contribution in [0.25, 0.3) is 0 Å². The van der Waals surface area contributed by atoms with Crippen molar-refractivity contribution < 1.29 is 19.8 Å². The van der Waals surface area contributed by atoms with E-state index in [4.69, 9.17) is 28.3 Å². The monoisotopic (exact) mass is 383 g/mol. The summed E-state index contributed by atoms with van der Waals surface area (Å²) in [5.74, 6) is -1.84. The highest BCUT2D eigenvalue weighted by Crippen LogP contribution is 2.41. The first-order chi connectivity index (χ1) is 11.3. The van der Waals surface area contributed by atoms with Crippen LogP contribution in [0.4, 0.5) is 0 Å². The first kappa shape index (κ1) is 17.0. The fraction of sp³-hybridized carbons (Fsp3) is 0.188. The number of carboxylic acids is 1. The number of hydrogen-bond donors (Lipinski definition) is 2. The number of nitrogens with zero attached hydrogens (tertiary/aromatic N) is 1. The molecular weight excluding hydrogens is 373 g/mol. The zero-order chi connectivity index (χ0) is 17.6. The fourth-order valence-corrected chi connectivity index (χ4v) is 3.83. The molecule has 24 heavy (non-hydrogen) atoms. The van der Waals surface area contributed by atoms with Gasteiger partial charge in [0, 0.05) is 28.6 Å². The summed E-state index contributed by atoms with van der Waals surface area (Å²) in [6.07, 6.45) is -0.134. The molecule has 3 rings (SSSR count). The van der Waals surface area contributed by atoms with Crippen LogP contribution >= 0.6 is 34.5 Å². The molecule has 0 unspecified atom stereocenters. The van der Waals surface area contributed by atoms with Crippen LogP contribution in [0, 0.1) is 0 Å². The number of aliphatic hydroxyl groups is 1. The van der Waals surface area contributed by atoms with Gasteiger partial charge in [-0.15, -0.1) is 11.3 Å². The van der Waals surface area contributed by atoms with Gasteiger partial charge in [-0.2, -0.15) is 0 Å². The third kappa shape index (κ3) is 2.81. The Morgan fingerprint density at radius 1 is 1.38 bits per heavy atom. The van der Waals surface area contributed by atoms with Gasteiger partial charge in [-0.1, -0.05) is 23.2 Å². The minimum atomic E-state index is -1.04. The molecule has 0 atom stereocenters. The zero-order valence-corrected chi connectivity index (χ0v) is 14.7. The Morgan fingerprint density at radius 2 is 2.08 bits per heavy atom. The standard InChI is InChI=1S/C16H11Cl2NO4S/c1-6-8(3-12(20)21)13-10(19-6)4-9(17)16(23)14(13)15(22)7-2-11(18)24-5-7/h2,5,23H,3-4H2,1H3,(H,20,21). The maximum absolute atomic E-state index is 12.9. The summed E-state index contributed by atoms with van der Waals surface area (Å²) in [5.41, 5.74) is 2.07. The van der Waals surface area contributed by atoms with Crippen LogP contribution in [-0.4, -0.2) is 27.7 Å². The third-order valence-electron chi connectivity index (χ3n) is 3.78. The number of carboxylic acid groups (broad SMARTS) is 1. The van der Waals surface area contributed by atoms with E-state index in [0.29, 0.717) is 32.5 Å². The van der Waals surface area contributed by atoms with Crippen molar-refractivity contribution in [2.75, 3.05) is 0 Å². The molecule has 2 N–H and O–H groups in total. The number of aliphatic imine (C=N–C) groups is 1. The van der Waals surface area contributed by atoms with E-state index in [1.807, 2.05) is 0 Å². The molecule has 0 spiro atoms. The number of ketones is 1. The van der Waals surface area contributed by atoms with Crippen LogP contribution in [0.1, 0.15) is 30.1 Å². The van der Waals surface area contributed by atoms with Crippen molar-refractivity contribution in [3.05, 3.63) is 54.6 Å². The van der Waals surface area contributed by atoms with Crippen LogP contribution in [0.15, 0.2) is 49.6 Å². The number of fused-ring (bicyclic) bond motifs is 1. The third-order valence-corrected chi connectivity index (χ3v) is 5.18. The highest BCUT2D eigenvalue weighted by molar-refractivity contribution is 7.14. The predicted molar refractivity (Wildman–Crippen MR) is 93.2 cm³/mol. The molecule has 0 fully saturated rings. The lowest BCUT2D eigenvalue weighted by Gasteiger charge is -2.19. The van der Waals surface area contributed by atoms with E-state index in [9.17, 15) is 14.7 Å². The van der Waals surface area contributed by atoms with Gasteiger partial charge < -0.3 is 10.2 Å². The molecule has 8 heteroatoms. The molecule has 2 aliphatic rings. The summed E-state index contributed by atoms with van der Waals surface area (Å²) in [5, 5.41) is 21.2. The van der Waals surface area contributed by atoms with Crippen molar-refractivity contribution in [3.8, 4) is 0 Å². The van der Waals surface area contributed by atoms with Crippen LogP contribution in [0.3, 0.4) is 0 Å². The predicted octanol–water partition coefficient (Wildman–Crippen LogP) is 4.50. The maximum Gasteiger partial charge on any atom is 0.307 e. The summed E-state index contributed by atoms with van der Waals surface area (Å²) in [7, 11) is 0. The number of carbonyl (C=O) groups excluding carboxylic acids is 1. The lowest BCUT2D eigenvalue weighted by Crippen LogP contribution is -2.19. The van der Waals surface area contributed by atoms with E-state index < -0.39 is 11.8 Å². The summed E-state index contributed by atoms with van der Waals surface area (Å²) in [6, 6.07) is 1.50. The Bertz CT molecular complexity index is 905. The van der Waals surface area contributed by atoms with Gasteiger partial charge in [-0.25, -0.2) is 0 Å². The van der Waals surface area contributed by atoms with E-state index in [0.717, 1.165) is 0 Å². The van der Waals surface area contributed by atoms with Crippen LogP contribution in [0.2, 0.25) is 4.34 Å². The Morgan fingerprint density at radius 3 is 2.67 bits per heavy atom. The van der Waals surface area contributed by atoms with Gasteiger partial charge in [0.2, 0.25) is 0 Å². The van der Waals surface area contributed by atoms with Crippen molar-refractivity contribution in [1.82, 2.24) is 0 Å². The first-order valence-corrected chi connectivity index (χ1v) is 8.54. The van der Waals surface area contributed by atoms with Gasteiger partial charge >= 0.3 is 5.97 Å². The lowest BCUT2D eigenvalue weighted by atomic mass is 9.85. The van der Waals surface area contributed by atoms with E-state index in [1.165, 1.54) is 17.4 Å². The van der Waals surface area contributed by atoms with Crippen molar-refractivity contribution in [3.63, 3.8) is 0 Å². The molecule has 0 saturated heterocycles. The Hall–Kier alpha value is -1.89. The van der Waals surface area contributed by atoms with Gasteiger partial charge in [0.15, 0.2) is 5.78 Å². The number of aliphatic carboxylic acids is 1. The topological polar surface area (TPSA) is 87.0 Å². The summed E-state index contributed by atoms with van der Waals surface area (Å²) in [4.78, 5) is 28.4. The molecule has 0 amide bonds. The Balaban J connectivity index is 2.20. The van der Waals surface area contributed by atoms with Gasteiger partial charge in [0.1, 0.15) is 5.76 Å². The summed E-state index contributed by atoms with van der Waals surface area (Å²) >= 11 is 13.1. The molecule has 0 aromatic carbocycles. The average Bonchev–Trinajstić information content (AvgIpc) is 3.05. The largest absolute Gasteiger partial charge is 0.506 e. The van der Waals surface area contributed by atoms with Gasteiger partial charge in [-0.05, 0) is 18.6 Å². The van der Waals surface area contributed by atoms with Crippen LogP contribution in [-0.2, 0) is 4.79 Å². The quantitative estimate of drug-likeness (QED) is 0.749. The molecule has 1 aliphatic heterocycles. The van der Waals surface area contributed by atoms with E-state index in [1.54, 1.807) is 12.3 Å². The van der Waals surface area contributed by atoms with Gasteiger partial charge in [0.25, 0.3) is 0 Å².